The van der Waals surface area contributed by atoms with Crippen LogP contribution in [-0.2, 0) is 21.1 Å². The van der Waals surface area contributed by atoms with E-state index in [-0.39, 0.29) is 11.7 Å². The van der Waals surface area contributed by atoms with Crippen molar-refractivity contribution in [3.63, 3.8) is 0 Å². The van der Waals surface area contributed by atoms with E-state index in [0.717, 1.165) is 18.4 Å². The molecule has 2 unspecified atom stereocenters. The van der Waals surface area contributed by atoms with E-state index in [4.69, 9.17) is 0 Å². The van der Waals surface area contributed by atoms with Crippen LogP contribution >= 0.6 is 0 Å². The number of piperidine rings is 1. The largest absolute Gasteiger partial charge is 0.326 e. The maximum atomic E-state index is 12.3. The highest BCUT2D eigenvalue weighted by molar-refractivity contribution is 7.91. The van der Waals surface area contributed by atoms with Gasteiger partial charge in [-0.2, -0.15) is 0 Å². The summed E-state index contributed by atoms with van der Waals surface area (Å²) < 4.78 is 23.9. The highest BCUT2D eigenvalue weighted by atomic mass is 32.2. The van der Waals surface area contributed by atoms with Crippen molar-refractivity contribution in [1.82, 2.24) is 5.32 Å². The second-order valence-corrected chi connectivity index (χ2v) is 9.20. The SMILES string of the molecule is O=C(CC1CC2CCC(C1)N2)Nc1ccc2c(c1)S(=O)(=O)CC2. The summed E-state index contributed by atoms with van der Waals surface area (Å²) in [5, 5.41) is 6.47. The number of aryl methyl sites for hydroxylation is 1. The molecule has 124 valence electrons. The summed E-state index contributed by atoms with van der Waals surface area (Å²) in [5.74, 6) is 0.607. The molecule has 2 atom stereocenters. The number of rotatable bonds is 3. The first kappa shape index (κ1) is 15.1. The maximum absolute atomic E-state index is 12.3. The molecule has 2 saturated heterocycles. The number of anilines is 1. The van der Waals surface area contributed by atoms with Gasteiger partial charge < -0.3 is 10.6 Å². The molecule has 6 heteroatoms. The molecule has 5 nitrogen and oxygen atoms in total. The summed E-state index contributed by atoms with van der Waals surface area (Å²) in [6.07, 6.45) is 5.70. The van der Waals surface area contributed by atoms with Gasteiger partial charge in [-0.1, -0.05) is 6.07 Å². The monoisotopic (exact) mass is 334 g/mol. The summed E-state index contributed by atoms with van der Waals surface area (Å²) in [6, 6.07) is 6.40. The number of amides is 1. The van der Waals surface area contributed by atoms with Gasteiger partial charge in [-0.3, -0.25) is 4.79 Å². The van der Waals surface area contributed by atoms with Crippen LogP contribution < -0.4 is 10.6 Å². The molecular formula is C17H22N2O3S. The lowest BCUT2D eigenvalue weighted by molar-refractivity contribution is -0.117. The maximum Gasteiger partial charge on any atom is 0.224 e. The highest BCUT2D eigenvalue weighted by Gasteiger charge is 2.34. The average Bonchev–Trinajstić information content (AvgIpc) is 2.99. The lowest BCUT2D eigenvalue weighted by Crippen LogP contribution is -2.39. The number of fused-ring (bicyclic) bond motifs is 3. The second kappa shape index (κ2) is 5.60. The first-order chi connectivity index (χ1) is 11.0. The summed E-state index contributed by atoms with van der Waals surface area (Å²) in [5.41, 5.74) is 1.45. The molecule has 3 aliphatic heterocycles. The Morgan fingerprint density at radius 3 is 2.70 bits per heavy atom. The molecule has 0 aliphatic carbocycles. The van der Waals surface area contributed by atoms with Crippen molar-refractivity contribution in [3.05, 3.63) is 23.8 Å². The van der Waals surface area contributed by atoms with Crippen molar-refractivity contribution in [3.8, 4) is 0 Å². The molecule has 0 radical (unpaired) electrons. The minimum Gasteiger partial charge on any atom is -0.326 e. The van der Waals surface area contributed by atoms with Crippen LogP contribution in [-0.4, -0.2) is 32.2 Å². The minimum absolute atomic E-state index is 0.00774. The molecule has 0 aromatic heterocycles. The first-order valence-electron chi connectivity index (χ1n) is 8.41. The Morgan fingerprint density at radius 2 is 1.96 bits per heavy atom. The minimum atomic E-state index is -3.16. The number of carbonyl (C=O) groups is 1. The van der Waals surface area contributed by atoms with Gasteiger partial charge in [0.05, 0.1) is 10.6 Å². The number of hydrogen-bond donors (Lipinski definition) is 2. The molecule has 2 N–H and O–H groups in total. The molecular weight excluding hydrogens is 312 g/mol. The average molecular weight is 334 g/mol. The molecule has 3 heterocycles. The Bertz CT molecular complexity index is 732. The van der Waals surface area contributed by atoms with Gasteiger partial charge in [0.15, 0.2) is 9.84 Å². The molecule has 1 aromatic carbocycles. The van der Waals surface area contributed by atoms with Crippen molar-refractivity contribution < 1.29 is 13.2 Å². The van der Waals surface area contributed by atoms with Crippen LogP contribution in [0, 0.1) is 5.92 Å². The van der Waals surface area contributed by atoms with Crippen LogP contribution in [0.25, 0.3) is 0 Å². The summed E-state index contributed by atoms with van der Waals surface area (Å²) in [6.45, 7) is 0. The van der Waals surface area contributed by atoms with Gasteiger partial charge in [0.1, 0.15) is 0 Å². The van der Waals surface area contributed by atoms with Crippen LogP contribution in [0.2, 0.25) is 0 Å². The second-order valence-electron chi connectivity index (χ2n) is 7.12. The molecule has 3 aliphatic rings. The van der Waals surface area contributed by atoms with E-state index in [9.17, 15) is 13.2 Å². The summed E-state index contributed by atoms with van der Waals surface area (Å²) in [7, 11) is -3.16. The quantitative estimate of drug-likeness (QED) is 0.885. The van der Waals surface area contributed by atoms with Crippen molar-refractivity contribution in [2.45, 2.75) is 55.5 Å². The van der Waals surface area contributed by atoms with E-state index in [1.165, 1.54) is 12.8 Å². The molecule has 4 rings (SSSR count). The Labute approximate surface area is 136 Å². The van der Waals surface area contributed by atoms with Gasteiger partial charge in [0.2, 0.25) is 5.91 Å². The van der Waals surface area contributed by atoms with Crippen molar-refractivity contribution >= 4 is 21.4 Å². The topological polar surface area (TPSA) is 75.3 Å². The van der Waals surface area contributed by atoms with Gasteiger partial charge in [0, 0.05) is 24.2 Å². The first-order valence-corrected chi connectivity index (χ1v) is 10.1. The van der Waals surface area contributed by atoms with Crippen LogP contribution in [0.5, 0.6) is 0 Å². The standard InChI is InChI=1S/C17H22N2O3S/c20-17(9-11-7-13-3-4-14(8-11)18-13)19-15-2-1-12-5-6-23(21,22)16(12)10-15/h1-2,10-11,13-14,18H,3-9H2,(H,19,20). The third-order valence-electron chi connectivity index (χ3n) is 5.37. The van der Waals surface area contributed by atoms with Crippen molar-refractivity contribution in [2.24, 2.45) is 5.92 Å². The Hall–Kier alpha value is -1.40. The Kier molecular flexibility index (Phi) is 3.69. The molecule has 2 bridgehead atoms. The molecule has 2 fully saturated rings. The number of hydrogen-bond acceptors (Lipinski definition) is 4. The molecule has 23 heavy (non-hydrogen) atoms. The molecule has 1 amide bonds. The van der Waals surface area contributed by atoms with E-state index < -0.39 is 9.84 Å². The number of nitrogens with one attached hydrogen (secondary N) is 2. The highest BCUT2D eigenvalue weighted by Crippen LogP contribution is 2.33. The van der Waals surface area contributed by atoms with Gasteiger partial charge in [0.25, 0.3) is 0 Å². The fraction of sp³-hybridized carbons (Fsp3) is 0.588. The van der Waals surface area contributed by atoms with Crippen LogP contribution in [0.15, 0.2) is 23.1 Å². The van der Waals surface area contributed by atoms with Crippen LogP contribution in [0.4, 0.5) is 5.69 Å². The molecule has 0 spiro atoms. The van der Waals surface area contributed by atoms with E-state index >= 15 is 0 Å². The third kappa shape index (κ3) is 3.02. The van der Waals surface area contributed by atoms with Gasteiger partial charge in [-0.05, 0) is 55.7 Å². The van der Waals surface area contributed by atoms with Crippen molar-refractivity contribution in [1.29, 1.82) is 0 Å². The van der Waals surface area contributed by atoms with E-state index in [0.29, 0.717) is 41.4 Å². The smallest absolute Gasteiger partial charge is 0.224 e. The molecule has 1 aromatic rings. The Balaban J connectivity index is 1.41. The summed E-state index contributed by atoms with van der Waals surface area (Å²) >= 11 is 0. The predicted octanol–water partition coefficient (Wildman–Crippen LogP) is 1.88. The zero-order valence-corrected chi connectivity index (χ0v) is 13.9. The van der Waals surface area contributed by atoms with Gasteiger partial charge >= 0.3 is 0 Å². The molecule has 0 saturated carbocycles. The number of carbonyl (C=O) groups excluding carboxylic acids is 1. The van der Waals surface area contributed by atoms with Crippen molar-refractivity contribution in [2.75, 3.05) is 11.1 Å². The van der Waals surface area contributed by atoms with E-state index in [2.05, 4.69) is 10.6 Å². The van der Waals surface area contributed by atoms with Crippen LogP contribution in [0.1, 0.15) is 37.7 Å². The third-order valence-corrected chi connectivity index (χ3v) is 7.16. The zero-order chi connectivity index (χ0) is 16.0. The summed E-state index contributed by atoms with van der Waals surface area (Å²) in [4.78, 5) is 12.7. The fourth-order valence-electron chi connectivity index (χ4n) is 4.30. The zero-order valence-electron chi connectivity index (χ0n) is 13.0. The fourth-order valence-corrected chi connectivity index (χ4v) is 5.88. The number of benzene rings is 1. The lowest BCUT2D eigenvalue weighted by Gasteiger charge is -2.28. The van der Waals surface area contributed by atoms with Gasteiger partial charge in [-0.15, -0.1) is 0 Å². The van der Waals surface area contributed by atoms with E-state index in [1.54, 1.807) is 6.07 Å². The van der Waals surface area contributed by atoms with Gasteiger partial charge in [-0.25, -0.2) is 8.42 Å². The number of sulfone groups is 1. The lowest BCUT2D eigenvalue weighted by atomic mass is 9.89. The van der Waals surface area contributed by atoms with Crippen LogP contribution in [0.3, 0.4) is 0 Å². The Morgan fingerprint density at radius 1 is 1.22 bits per heavy atom. The predicted molar refractivity (Wildman–Crippen MR) is 88.1 cm³/mol. The van der Waals surface area contributed by atoms with E-state index in [1.807, 2.05) is 12.1 Å². The normalized spacial score (nSPS) is 30.9.